The Balaban J connectivity index is 2.00. The van der Waals surface area contributed by atoms with Crippen molar-refractivity contribution in [2.24, 2.45) is 0 Å². The lowest BCUT2D eigenvalue weighted by Crippen LogP contribution is -2.27. The molecule has 2 aliphatic heterocycles. The Bertz CT molecular complexity index is 638. The molecule has 2 aromatic rings. The first-order valence-corrected chi connectivity index (χ1v) is 6.58. The van der Waals surface area contributed by atoms with Crippen LogP contribution in [0.2, 0.25) is 5.02 Å². The summed E-state index contributed by atoms with van der Waals surface area (Å²) in [7, 11) is 0. The topological polar surface area (TPSA) is 12.5 Å². The molecule has 0 unspecified atom stereocenters. The maximum Gasteiger partial charge on any atom is 0.169 e. The molecule has 4 rings (SSSR count). The standard InChI is InChI=1S/C15H12ClNO/c16-11-6-2-7-12-15(11)18-13-8-1-4-10-5-3-9-17(12)14(10)13/h1-2,4,6-8H,3,5,9H2. The molecule has 0 atom stereocenters. The van der Waals surface area contributed by atoms with Gasteiger partial charge in [-0.2, -0.15) is 0 Å². The van der Waals surface area contributed by atoms with Crippen LogP contribution >= 0.6 is 11.6 Å². The molecule has 2 nitrogen and oxygen atoms in total. The summed E-state index contributed by atoms with van der Waals surface area (Å²) in [5.74, 6) is 1.71. The van der Waals surface area contributed by atoms with Gasteiger partial charge in [-0.05, 0) is 36.6 Å². The minimum Gasteiger partial charge on any atom is -0.451 e. The van der Waals surface area contributed by atoms with E-state index in [1.807, 2.05) is 18.2 Å². The Morgan fingerprint density at radius 2 is 2.00 bits per heavy atom. The van der Waals surface area contributed by atoms with E-state index in [4.69, 9.17) is 16.3 Å². The Hall–Kier alpha value is -1.67. The molecule has 0 fully saturated rings. The molecule has 3 heteroatoms. The van der Waals surface area contributed by atoms with Gasteiger partial charge in [0.1, 0.15) is 0 Å². The molecule has 0 spiro atoms. The Morgan fingerprint density at radius 3 is 2.94 bits per heavy atom. The van der Waals surface area contributed by atoms with Crippen LogP contribution in [0.25, 0.3) is 0 Å². The number of para-hydroxylation sites is 2. The lowest BCUT2D eigenvalue weighted by atomic mass is 9.99. The van der Waals surface area contributed by atoms with Crippen molar-refractivity contribution in [3.8, 4) is 11.5 Å². The molecule has 0 saturated carbocycles. The normalized spacial score (nSPS) is 15.7. The summed E-state index contributed by atoms with van der Waals surface area (Å²) in [5.41, 5.74) is 3.67. The van der Waals surface area contributed by atoms with Gasteiger partial charge in [0.05, 0.1) is 16.4 Å². The van der Waals surface area contributed by atoms with Crippen molar-refractivity contribution < 1.29 is 4.74 Å². The minimum atomic E-state index is 0.675. The highest BCUT2D eigenvalue weighted by Crippen LogP contribution is 2.52. The molecule has 2 aromatic carbocycles. The number of benzene rings is 2. The zero-order valence-electron chi connectivity index (χ0n) is 9.82. The predicted octanol–water partition coefficient (Wildman–Crippen LogP) is 4.53. The third kappa shape index (κ3) is 1.30. The molecule has 0 bridgehead atoms. The Labute approximate surface area is 111 Å². The second-order valence-corrected chi connectivity index (χ2v) is 5.12. The minimum absolute atomic E-state index is 0.675. The zero-order chi connectivity index (χ0) is 12.1. The Kier molecular flexibility index (Phi) is 2.09. The molecule has 0 amide bonds. The maximum absolute atomic E-state index is 6.24. The Morgan fingerprint density at radius 1 is 1.11 bits per heavy atom. The van der Waals surface area contributed by atoms with Crippen LogP contribution in [0.4, 0.5) is 11.4 Å². The van der Waals surface area contributed by atoms with Crippen LogP contribution in [0.3, 0.4) is 0 Å². The molecular formula is C15H12ClNO. The molecule has 90 valence electrons. The summed E-state index contributed by atoms with van der Waals surface area (Å²) >= 11 is 6.24. The molecule has 0 saturated heterocycles. The van der Waals surface area contributed by atoms with E-state index in [1.165, 1.54) is 17.7 Å². The summed E-state index contributed by atoms with van der Waals surface area (Å²) in [6.07, 6.45) is 2.29. The van der Waals surface area contributed by atoms with E-state index in [1.54, 1.807) is 0 Å². The second kappa shape index (κ2) is 3.66. The van der Waals surface area contributed by atoms with Crippen molar-refractivity contribution in [1.82, 2.24) is 0 Å². The number of aryl methyl sites for hydroxylation is 1. The van der Waals surface area contributed by atoms with Crippen LogP contribution in [0.5, 0.6) is 11.5 Å². The van der Waals surface area contributed by atoms with Gasteiger partial charge in [-0.1, -0.05) is 29.8 Å². The molecule has 0 aliphatic carbocycles. The van der Waals surface area contributed by atoms with Gasteiger partial charge in [0.15, 0.2) is 11.5 Å². The van der Waals surface area contributed by atoms with Crippen LogP contribution in [-0.4, -0.2) is 6.54 Å². The monoisotopic (exact) mass is 257 g/mol. The van der Waals surface area contributed by atoms with Crippen molar-refractivity contribution in [2.75, 3.05) is 11.4 Å². The number of hydrogen-bond acceptors (Lipinski definition) is 2. The predicted molar refractivity (Wildman–Crippen MR) is 73.3 cm³/mol. The first-order valence-electron chi connectivity index (χ1n) is 6.20. The van der Waals surface area contributed by atoms with E-state index in [-0.39, 0.29) is 0 Å². The van der Waals surface area contributed by atoms with E-state index in [0.717, 1.165) is 30.2 Å². The SMILES string of the molecule is Clc1cccc2c1Oc1cccc3c1N2CCC3. The largest absolute Gasteiger partial charge is 0.451 e. The summed E-state index contributed by atoms with van der Waals surface area (Å²) in [6, 6.07) is 12.2. The van der Waals surface area contributed by atoms with Gasteiger partial charge in [0, 0.05) is 6.54 Å². The highest BCUT2D eigenvalue weighted by Gasteiger charge is 2.29. The number of nitrogens with zero attached hydrogens (tertiary/aromatic N) is 1. The van der Waals surface area contributed by atoms with Gasteiger partial charge < -0.3 is 9.64 Å². The summed E-state index contributed by atoms with van der Waals surface area (Å²) in [4.78, 5) is 2.33. The first-order chi connectivity index (χ1) is 8.84. The van der Waals surface area contributed by atoms with Crippen molar-refractivity contribution in [2.45, 2.75) is 12.8 Å². The van der Waals surface area contributed by atoms with Crippen LogP contribution in [0.15, 0.2) is 36.4 Å². The molecule has 0 radical (unpaired) electrons. The number of fused-ring (bicyclic) bond motifs is 2. The fourth-order valence-electron chi connectivity index (χ4n) is 2.86. The average molecular weight is 258 g/mol. The molecular weight excluding hydrogens is 246 g/mol. The van der Waals surface area contributed by atoms with Gasteiger partial charge in [-0.25, -0.2) is 0 Å². The number of rotatable bonds is 0. The number of hydrogen-bond donors (Lipinski definition) is 0. The van der Waals surface area contributed by atoms with Gasteiger partial charge in [-0.3, -0.25) is 0 Å². The molecule has 2 heterocycles. The van der Waals surface area contributed by atoms with E-state index >= 15 is 0 Å². The van der Waals surface area contributed by atoms with E-state index in [0.29, 0.717) is 5.02 Å². The van der Waals surface area contributed by atoms with Crippen LogP contribution in [-0.2, 0) is 6.42 Å². The fraction of sp³-hybridized carbons (Fsp3) is 0.200. The lowest BCUT2D eigenvalue weighted by molar-refractivity contribution is 0.469. The van der Waals surface area contributed by atoms with Crippen molar-refractivity contribution in [3.63, 3.8) is 0 Å². The van der Waals surface area contributed by atoms with Crippen LogP contribution < -0.4 is 9.64 Å². The molecule has 0 aromatic heterocycles. The molecule has 0 N–H and O–H groups in total. The third-order valence-electron chi connectivity index (χ3n) is 3.63. The van der Waals surface area contributed by atoms with Crippen LogP contribution in [0.1, 0.15) is 12.0 Å². The highest BCUT2D eigenvalue weighted by molar-refractivity contribution is 6.32. The van der Waals surface area contributed by atoms with Gasteiger partial charge >= 0.3 is 0 Å². The van der Waals surface area contributed by atoms with Gasteiger partial charge in [0.25, 0.3) is 0 Å². The number of ether oxygens (including phenoxy) is 1. The van der Waals surface area contributed by atoms with Crippen molar-refractivity contribution in [1.29, 1.82) is 0 Å². The molecule has 2 aliphatic rings. The number of halogens is 1. The fourth-order valence-corrected chi connectivity index (χ4v) is 3.07. The average Bonchev–Trinajstić information content (AvgIpc) is 2.41. The molecule has 18 heavy (non-hydrogen) atoms. The maximum atomic E-state index is 6.24. The summed E-state index contributed by atoms with van der Waals surface area (Å²) < 4.78 is 5.98. The highest BCUT2D eigenvalue weighted by atomic mass is 35.5. The van der Waals surface area contributed by atoms with Crippen LogP contribution in [0, 0.1) is 0 Å². The summed E-state index contributed by atoms with van der Waals surface area (Å²) in [5, 5.41) is 0.675. The zero-order valence-corrected chi connectivity index (χ0v) is 10.6. The van der Waals surface area contributed by atoms with E-state index in [9.17, 15) is 0 Å². The quantitative estimate of drug-likeness (QED) is 0.688. The van der Waals surface area contributed by atoms with E-state index < -0.39 is 0 Å². The van der Waals surface area contributed by atoms with Crippen molar-refractivity contribution in [3.05, 3.63) is 47.0 Å². The number of anilines is 2. The lowest BCUT2D eigenvalue weighted by Gasteiger charge is -2.37. The van der Waals surface area contributed by atoms with E-state index in [2.05, 4.69) is 23.1 Å². The second-order valence-electron chi connectivity index (χ2n) is 4.71. The van der Waals surface area contributed by atoms with Crippen molar-refractivity contribution >= 4 is 23.0 Å². The smallest absolute Gasteiger partial charge is 0.169 e. The van der Waals surface area contributed by atoms with Gasteiger partial charge in [0.2, 0.25) is 0 Å². The first kappa shape index (κ1) is 10.3. The summed E-state index contributed by atoms with van der Waals surface area (Å²) in [6.45, 7) is 1.03. The van der Waals surface area contributed by atoms with Gasteiger partial charge in [-0.15, -0.1) is 0 Å². The third-order valence-corrected chi connectivity index (χ3v) is 3.93.